The molecule has 0 bridgehead atoms. The molecule has 2 rings (SSSR count). The molecule has 1 aromatic rings. The third-order valence-electron chi connectivity index (χ3n) is 2.40. The van der Waals surface area contributed by atoms with Gasteiger partial charge in [-0.1, -0.05) is 23.2 Å². The highest BCUT2D eigenvalue weighted by molar-refractivity contribution is 6.34. The number of rotatable bonds is 1. The zero-order valence-electron chi connectivity index (χ0n) is 8.57. The summed E-state index contributed by atoms with van der Waals surface area (Å²) in [5.41, 5.74) is -0.483. The molecule has 0 unspecified atom stereocenters. The number of likely N-dealkylation sites (tertiary alicyclic amines) is 1. The first-order valence-electron chi connectivity index (χ1n) is 4.73. The lowest BCUT2D eigenvalue weighted by molar-refractivity contribution is -0.0668. The summed E-state index contributed by atoms with van der Waals surface area (Å²) in [6.45, 7) is 2.30. The van der Waals surface area contributed by atoms with Gasteiger partial charge in [-0.05, 0) is 19.1 Å². The van der Waals surface area contributed by atoms with E-state index in [1.165, 1.54) is 17.0 Å². The predicted octanol–water partition coefficient (Wildman–Crippen LogP) is 1.60. The summed E-state index contributed by atoms with van der Waals surface area (Å²) < 4.78 is 0. The van der Waals surface area contributed by atoms with Crippen molar-refractivity contribution in [1.82, 2.24) is 9.88 Å². The SMILES string of the molecule is CC1(O)CN(C(=O)c2ccc(Cl)nc2Cl)C1. The second-order valence-electron chi connectivity index (χ2n) is 4.13. The molecule has 86 valence electrons. The van der Waals surface area contributed by atoms with Gasteiger partial charge in [0.15, 0.2) is 0 Å². The topological polar surface area (TPSA) is 53.4 Å². The van der Waals surface area contributed by atoms with Crippen molar-refractivity contribution in [3.8, 4) is 0 Å². The first-order valence-corrected chi connectivity index (χ1v) is 5.48. The van der Waals surface area contributed by atoms with Crippen LogP contribution in [0.1, 0.15) is 17.3 Å². The molecule has 1 fully saturated rings. The first kappa shape index (κ1) is 11.6. The van der Waals surface area contributed by atoms with Crippen molar-refractivity contribution in [2.24, 2.45) is 0 Å². The highest BCUT2D eigenvalue weighted by Gasteiger charge is 2.40. The molecule has 6 heteroatoms. The summed E-state index contributed by atoms with van der Waals surface area (Å²) in [7, 11) is 0. The standard InChI is InChI=1S/C10H10Cl2N2O2/c1-10(16)4-14(5-10)9(15)6-2-3-7(11)13-8(6)12/h2-3,16H,4-5H2,1H3. The molecule has 0 aliphatic carbocycles. The van der Waals surface area contributed by atoms with E-state index in [0.29, 0.717) is 18.7 Å². The lowest BCUT2D eigenvalue weighted by Crippen LogP contribution is -2.61. The molecule has 1 aromatic heterocycles. The van der Waals surface area contributed by atoms with Gasteiger partial charge in [0.25, 0.3) is 5.91 Å². The normalized spacial score (nSPS) is 18.1. The van der Waals surface area contributed by atoms with E-state index in [0.717, 1.165) is 0 Å². The molecular formula is C10H10Cl2N2O2. The number of hydrogen-bond donors (Lipinski definition) is 1. The van der Waals surface area contributed by atoms with Crippen LogP contribution in [-0.2, 0) is 0 Å². The number of β-amino-alcohol motifs (C(OH)–C–C–N with tert-alkyl or cyclic N) is 1. The van der Waals surface area contributed by atoms with Crippen molar-refractivity contribution in [2.45, 2.75) is 12.5 Å². The summed E-state index contributed by atoms with van der Waals surface area (Å²) in [6, 6.07) is 3.05. The Labute approximate surface area is 103 Å². The lowest BCUT2D eigenvalue weighted by atomic mass is 9.96. The quantitative estimate of drug-likeness (QED) is 0.781. The van der Waals surface area contributed by atoms with E-state index in [9.17, 15) is 9.90 Å². The minimum atomic E-state index is -0.790. The third kappa shape index (κ3) is 2.14. The molecule has 1 saturated heterocycles. The molecule has 0 spiro atoms. The number of pyridine rings is 1. The number of carbonyl (C=O) groups is 1. The van der Waals surface area contributed by atoms with Gasteiger partial charge in [-0.15, -0.1) is 0 Å². The van der Waals surface area contributed by atoms with Crippen LogP contribution in [-0.4, -0.2) is 39.6 Å². The summed E-state index contributed by atoms with van der Waals surface area (Å²) in [5.74, 6) is -0.235. The van der Waals surface area contributed by atoms with E-state index in [1.54, 1.807) is 6.92 Å². The van der Waals surface area contributed by atoms with Crippen LogP contribution in [0.25, 0.3) is 0 Å². The zero-order valence-corrected chi connectivity index (χ0v) is 10.1. The van der Waals surface area contributed by atoms with Gasteiger partial charge >= 0.3 is 0 Å². The van der Waals surface area contributed by atoms with Crippen LogP contribution in [0, 0.1) is 0 Å². The minimum Gasteiger partial charge on any atom is -0.386 e. The van der Waals surface area contributed by atoms with Crippen LogP contribution < -0.4 is 0 Å². The van der Waals surface area contributed by atoms with Crippen molar-refractivity contribution in [1.29, 1.82) is 0 Å². The Hall–Kier alpha value is -0.840. The monoisotopic (exact) mass is 260 g/mol. The Morgan fingerprint density at radius 3 is 2.62 bits per heavy atom. The predicted molar refractivity (Wildman–Crippen MR) is 60.8 cm³/mol. The average Bonchev–Trinajstić information content (AvgIpc) is 2.13. The molecule has 16 heavy (non-hydrogen) atoms. The van der Waals surface area contributed by atoms with Crippen molar-refractivity contribution >= 4 is 29.1 Å². The van der Waals surface area contributed by atoms with E-state index in [4.69, 9.17) is 23.2 Å². The van der Waals surface area contributed by atoms with Gasteiger partial charge in [-0.3, -0.25) is 4.79 Å². The molecule has 4 nitrogen and oxygen atoms in total. The second kappa shape index (κ2) is 3.87. The number of hydrogen-bond acceptors (Lipinski definition) is 3. The van der Waals surface area contributed by atoms with E-state index in [2.05, 4.69) is 4.98 Å². The molecule has 1 amide bonds. The van der Waals surface area contributed by atoms with Crippen molar-refractivity contribution in [2.75, 3.05) is 13.1 Å². The highest BCUT2D eigenvalue weighted by atomic mass is 35.5. The number of aromatic nitrogens is 1. The Morgan fingerprint density at radius 2 is 2.12 bits per heavy atom. The first-order chi connectivity index (χ1) is 7.39. The van der Waals surface area contributed by atoms with Crippen LogP contribution in [0.4, 0.5) is 0 Å². The maximum absolute atomic E-state index is 11.9. The molecule has 1 aliphatic heterocycles. The van der Waals surface area contributed by atoms with Crippen LogP contribution in [0.15, 0.2) is 12.1 Å². The molecule has 0 radical (unpaired) electrons. The Balaban J connectivity index is 2.16. The fraction of sp³-hybridized carbons (Fsp3) is 0.400. The minimum absolute atomic E-state index is 0.0871. The van der Waals surface area contributed by atoms with E-state index in [-0.39, 0.29) is 16.2 Å². The van der Waals surface area contributed by atoms with Crippen molar-refractivity contribution in [3.63, 3.8) is 0 Å². The summed E-state index contributed by atoms with van der Waals surface area (Å²) >= 11 is 11.4. The number of carbonyl (C=O) groups excluding carboxylic acids is 1. The molecule has 1 N–H and O–H groups in total. The highest BCUT2D eigenvalue weighted by Crippen LogP contribution is 2.25. The van der Waals surface area contributed by atoms with Gasteiger partial charge in [0, 0.05) is 0 Å². The van der Waals surface area contributed by atoms with Crippen LogP contribution >= 0.6 is 23.2 Å². The smallest absolute Gasteiger partial charge is 0.257 e. The molecule has 2 heterocycles. The average molecular weight is 261 g/mol. The summed E-state index contributed by atoms with van der Waals surface area (Å²) in [6.07, 6.45) is 0. The largest absolute Gasteiger partial charge is 0.386 e. The summed E-state index contributed by atoms with van der Waals surface area (Å²) in [4.78, 5) is 17.2. The van der Waals surface area contributed by atoms with Crippen LogP contribution in [0.3, 0.4) is 0 Å². The van der Waals surface area contributed by atoms with Crippen molar-refractivity contribution in [3.05, 3.63) is 28.0 Å². The van der Waals surface area contributed by atoms with Gasteiger partial charge in [-0.2, -0.15) is 0 Å². The van der Waals surface area contributed by atoms with Gasteiger partial charge in [0.1, 0.15) is 10.3 Å². The zero-order chi connectivity index (χ0) is 11.9. The number of aliphatic hydroxyl groups is 1. The number of nitrogens with zero attached hydrogens (tertiary/aromatic N) is 2. The maximum Gasteiger partial charge on any atom is 0.257 e. The van der Waals surface area contributed by atoms with Crippen LogP contribution in [0.2, 0.25) is 10.3 Å². The fourth-order valence-electron chi connectivity index (χ4n) is 1.66. The van der Waals surface area contributed by atoms with Crippen LogP contribution in [0.5, 0.6) is 0 Å². The molecular weight excluding hydrogens is 251 g/mol. The Bertz CT molecular complexity index is 440. The van der Waals surface area contributed by atoms with Gasteiger partial charge < -0.3 is 10.0 Å². The maximum atomic E-state index is 11.9. The van der Waals surface area contributed by atoms with Gasteiger partial charge in [0.2, 0.25) is 0 Å². The Kier molecular flexibility index (Phi) is 2.82. The molecule has 1 aliphatic rings. The van der Waals surface area contributed by atoms with E-state index >= 15 is 0 Å². The third-order valence-corrected chi connectivity index (χ3v) is 2.89. The number of halogens is 2. The van der Waals surface area contributed by atoms with E-state index < -0.39 is 5.60 Å². The van der Waals surface area contributed by atoms with E-state index in [1.807, 2.05) is 0 Å². The molecule has 0 saturated carbocycles. The summed E-state index contributed by atoms with van der Waals surface area (Å²) in [5, 5.41) is 9.86. The van der Waals surface area contributed by atoms with Gasteiger partial charge in [-0.25, -0.2) is 4.98 Å². The lowest BCUT2D eigenvalue weighted by Gasteiger charge is -2.44. The second-order valence-corrected chi connectivity index (χ2v) is 4.88. The fourth-order valence-corrected chi connectivity index (χ4v) is 2.09. The number of amides is 1. The Morgan fingerprint density at radius 1 is 1.50 bits per heavy atom. The van der Waals surface area contributed by atoms with Crippen molar-refractivity contribution < 1.29 is 9.90 Å². The molecule has 0 atom stereocenters. The van der Waals surface area contributed by atoms with Gasteiger partial charge in [0.05, 0.1) is 24.3 Å². The molecule has 0 aromatic carbocycles.